The van der Waals surface area contributed by atoms with Crippen molar-refractivity contribution in [3.05, 3.63) is 23.5 Å². The first-order valence-corrected chi connectivity index (χ1v) is 3.29. The SMILES string of the molecule is Nc1cnc(C(=O)O)c(C(F)F)c1. The predicted octanol–water partition coefficient (Wildman–Crippen LogP) is 1.30. The normalized spacial score (nSPS) is 10.4. The van der Waals surface area contributed by atoms with Gasteiger partial charge in [0.25, 0.3) is 6.43 Å². The van der Waals surface area contributed by atoms with Crippen molar-refractivity contribution in [2.24, 2.45) is 0 Å². The van der Waals surface area contributed by atoms with Gasteiger partial charge in [0.1, 0.15) is 0 Å². The average Bonchev–Trinajstić information content (AvgIpc) is 2.03. The Kier molecular flexibility index (Phi) is 2.41. The van der Waals surface area contributed by atoms with E-state index in [2.05, 4.69) is 4.98 Å². The molecule has 0 amide bonds. The summed E-state index contributed by atoms with van der Waals surface area (Å²) in [6.07, 6.45) is -1.86. The first-order chi connectivity index (χ1) is 6.02. The molecular formula is C7H6F2N2O2. The molecule has 0 unspecified atom stereocenters. The van der Waals surface area contributed by atoms with Crippen molar-refractivity contribution in [3.63, 3.8) is 0 Å². The van der Waals surface area contributed by atoms with Crippen LogP contribution in [-0.2, 0) is 0 Å². The monoisotopic (exact) mass is 188 g/mol. The van der Waals surface area contributed by atoms with Gasteiger partial charge in [0.15, 0.2) is 5.69 Å². The van der Waals surface area contributed by atoms with Gasteiger partial charge in [-0.05, 0) is 6.07 Å². The number of hydrogen-bond donors (Lipinski definition) is 2. The minimum atomic E-state index is -2.89. The number of carboxylic acids is 1. The van der Waals surface area contributed by atoms with Crippen LogP contribution in [0.15, 0.2) is 12.3 Å². The van der Waals surface area contributed by atoms with Gasteiger partial charge in [-0.2, -0.15) is 0 Å². The van der Waals surface area contributed by atoms with Crippen LogP contribution in [0.2, 0.25) is 0 Å². The number of aromatic nitrogens is 1. The minimum Gasteiger partial charge on any atom is -0.476 e. The lowest BCUT2D eigenvalue weighted by molar-refractivity contribution is 0.0677. The zero-order valence-electron chi connectivity index (χ0n) is 6.37. The van der Waals surface area contributed by atoms with Gasteiger partial charge in [-0.25, -0.2) is 18.6 Å². The van der Waals surface area contributed by atoms with Crippen molar-refractivity contribution >= 4 is 11.7 Å². The first-order valence-electron chi connectivity index (χ1n) is 3.29. The molecule has 1 heterocycles. The van der Waals surface area contributed by atoms with Gasteiger partial charge in [-0.15, -0.1) is 0 Å². The lowest BCUT2D eigenvalue weighted by Crippen LogP contribution is -2.07. The van der Waals surface area contributed by atoms with Crippen LogP contribution in [0.4, 0.5) is 14.5 Å². The zero-order chi connectivity index (χ0) is 10.0. The predicted molar refractivity (Wildman–Crippen MR) is 40.6 cm³/mol. The highest BCUT2D eigenvalue weighted by atomic mass is 19.3. The smallest absolute Gasteiger partial charge is 0.354 e. The number of carboxylic acid groups (broad SMARTS) is 1. The summed E-state index contributed by atoms with van der Waals surface area (Å²) >= 11 is 0. The lowest BCUT2D eigenvalue weighted by atomic mass is 10.2. The standard InChI is InChI=1S/C7H6F2N2O2/c8-6(9)4-1-3(10)2-11-5(4)7(12)13/h1-2,6H,10H2,(H,12,13). The Hall–Kier alpha value is -1.72. The summed E-state index contributed by atoms with van der Waals surface area (Å²) in [4.78, 5) is 13.7. The van der Waals surface area contributed by atoms with E-state index in [1.807, 2.05) is 0 Å². The summed E-state index contributed by atoms with van der Waals surface area (Å²) in [5, 5.41) is 8.47. The fraction of sp³-hybridized carbons (Fsp3) is 0.143. The van der Waals surface area contributed by atoms with Crippen molar-refractivity contribution in [2.45, 2.75) is 6.43 Å². The van der Waals surface area contributed by atoms with E-state index in [1.54, 1.807) is 0 Å². The van der Waals surface area contributed by atoms with Gasteiger partial charge in [0.2, 0.25) is 0 Å². The Bertz CT molecular complexity index is 341. The van der Waals surface area contributed by atoms with Gasteiger partial charge < -0.3 is 10.8 Å². The molecular weight excluding hydrogens is 182 g/mol. The van der Waals surface area contributed by atoms with Crippen molar-refractivity contribution in [1.29, 1.82) is 0 Å². The molecule has 0 aliphatic heterocycles. The second-order valence-electron chi connectivity index (χ2n) is 2.31. The van der Waals surface area contributed by atoms with E-state index < -0.39 is 23.7 Å². The number of pyridine rings is 1. The van der Waals surface area contributed by atoms with Crippen LogP contribution in [-0.4, -0.2) is 16.1 Å². The van der Waals surface area contributed by atoms with Crippen LogP contribution >= 0.6 is 0 Å². The van der Waals surface area contributed by atoms with Crippen molar-refractivity contribution in [3.8, 4) is 0 Å². The quantitative estimate of drug-likeness (QED) is 0.733. The number of aromatic carboxylic acids is 1. The Morgan fingerprint density at radius 2 is 2.23 bits per heavy atom. The van der Waals surface area contributed by atoms with Gasteiger partial charge in [0.05, 0.1) is 17.4 Å². The molecule has 1 aromatic heterocycles. The zero-order valence-corrected chi connectivity index (χ0v) is 6.37. The van der Waals surface area contributed by atoms with Crippen LogP contribution in [0.3, 0.4) is 0 Å². The maximum Gasteiger partial charge on any atom is 0.354 e. The lowest BCUT2D eigenvalue weighted by Gasteiger charge is -2.03. The molecule has 0 saturated carbocycles. The fourth-order valence-corrected chi connectivity index (χ4v) is 0.844. The molecule has 0 aliphatic rings. The van der Waals surface area contributed by atoms with Gasteiger partial charge in [-0.1, -0.05) is 0 Å². The summed E-state index contributed by atoms with van der Waals surface area (Å²) < 4.78 is 24.4. The van der Waals surface area contributed by atoms with E-state index in [4.69, 9.17) is 10.8 Å². The van der Waals surface area contributed by atoms with Crippen molar-refractivity contribution in [2.75, 3.05) is 5.73 Å². The molecule has 0 radical (unpaired) electrons. The molecule has 70 valence electrons. The molecule has 0 atom stereocenters. The Morgan fingerprint density at radius 1 is 1.62 bits per heavy atom. The molecule has 1 aromatic rings. The molecule has 0 aromatic carbocycles. The number of hydrogen-bond acceptors (Lipinski definition) is 3. The van der Waals surface area contributed by atoms with Gasteiger partial charge >= 0.3 is 5.97 Å². The summed E-state index contributed by atoms with van der Waals surface area (Å²) in [6.45, 7) is 0. The van der Waals surface area contributed by atoms with E-state index in [0.717, 1.165) is 12.3 Å². The largest absolute Gasteiger partial charge is 0.476 e. The number of rotatable bonds is 2. The Morgan fingerprint density at radius 3 is 2.69 bits per heavy atom. The highest BCUT2D eigenvalue weighted by Crippen LogP contribution is 2.23. The van der Waals surface area contributed by atoms with Gasteiger partial charge in [0, 0.05) is 0 Å². The highest BCUT2D eigenvalue weighted by Gasteiger charge is 2.19. The second-order valence-corrected chi connectivity index (χ2v) is 2.31. The number of alkyl halides is 2. The number of nitrogen functional groups attached to an aromatic ring is 1. The molecule has 1 rings (SSSR count). The summed E-state index contributed by atoms with van der Waals surface area (Å²) in [5.74, 6) is -1.49. The van der Waals surface area contributed by atoms with Crippen molar-refractivity contribution in [1.82, 2.24) is 4.98 Å². The van der Waals surface area contributed by atoms with Crippen LogP contribution in [0.25, 0.3) is 0 Å². The molecule has 13 heavy (non-hydrogen) atoms. The molecule has 3 N–H and O–H groups in total. The van der Waals surface area contributed by atoms with E-state index in [9.17, 15) is 13.6 Å². The molecule has 0 aliphatic carbocycles. The van der Waals surface area contributed by atoms with Crippen LogP contribution in [0.5, 0.6) is 0 Å². The average molecular weight is 188 g/mol. The summed E-state index contributed by atoms with van der Waals surface area (Å²) in [7, 11) is 0. The number of nitrogens with two attached hydrogens (primary N) is 1. The molecule has 4 nitrogen and oxygen atoms in total. The molecule has 0 spiro atoms. The Labute approximate surface area is 72.0 Å². The molecule has 6 heteroatoms. The Balaban J connectivity index is 3.26. The summed E-state index contributed by atoms with van der Waals surface area (Å²) in [6, 6.07) is 0.904. The highest BCUT2D eigenvalue weighted by molar-refractivity contribution is 5.87. The third-order valence-electron chi connectivity index (χ3n) is 1.38. The number of nitrogens with zero attached hydrogens (tertiary/aromatic N) is 1. The van der Waals surface area contributed by atoms with E-state index in [0.29, 0.717) is 0 Å². The number of carbonyl (C=O) groups is 1. The fourth-order valence-electron chi connectivity index (χ4n) is 0.844. The van der Waals surface area contributed by atoms with Crippen LogP contribution in [0, 0.1) is 0 Å². The van der Waals surface area contributed by atoms with Crippen molar-refractivity contribution < 1.29 is 18.7 Å². The maximum atomic E-state index is 12.2. The first kappa shape index (κ1) is 9.37. The molecule has 0 bridgehead atoms. The van der Waals surface area contributed by atoms with E-state index in [1.165, 1.54) is 0 Å². The van der Waals surface area contributed by atoms with E-state index >= 15 is 0 Å². The summed E-state index contributed by atoms with van der Waals surface area (Å²) in [5.41, 5.74) is 3.87. The molecule has 0 fully saturated rings. The number of anilines is 1. The molecule has 0 saturated heterocycles. The third-order valence-corrected chi connectivity index (χ3v) is 1.38. The van der Waals surface area contributed by atoms with Crippen LogP contribution < -0.4 is 5.73 Å². The van der Waals surface area contributed by atoms with Gasteiger partial charge in [-0.3, -0.25) is 0 Å². The third kappa shape index (κ3) is 1.90. The topological polar surface area (TPSA) is 76.2 Å². The maximum absolute atomic E-state index is 12.2. The minimum absolute atomic E-state index is 0.0142. The van der Waals surface area contributed by atoms with E-state index in [-0.39, 0.29) is 5.69 Å². The second kappa shape index (κ2) is 3.34. The number of halogens is 2. The van der Waals surface area contributed by atoms with Crippen LogP contribution in [0.1, 0.15) is 22.5 Å².